The molecule has 0 radical (unpaired) electrons. The summed E-state index contributed by atoms with van der Waals surface area (Å²) in [5.74, 6) is 0.282. The summed E-state index contributed by atoms with van der Waals surface area (Å²) in [7, 11) is -1.16. The lowest BCUT2D eigenvalue weighted by atomic mass is 10.5. The van der Waals surface area contributed by atoms with Crippen molar-refractivity contribution in [2.75, 3.05) is 25.9 Å². The molecule has 15 heavy (non-hydrogen) atoms. The molecule has 0 bridgehead atoms. The Morgan fingerprint density at radius 3 is 2.53 bits per heavy atom. The van der Waals surface area contributed by atoms with Crippen molar-refractivity contribution < 1.29 is 8.42 Å². The molecule has 1 aliphatic rings. The summed E-state index contributed by atoms with van der Waals surface area (Å²) in [6, 6.07) is 0.310. The maximum Gasteiger partial charge on any atom is 0.214 e. The van der Waals surface area contributed by atoms with Crippen molar-refractivity contribution >= 4 is 10.0 Å². The van der Waals surface area contributed by atoms with Crippen LogP contribution in [0.4, 0.5) is 0 Å². The van der Waals surface area contributed by atoms with Gasteiger partial charge in [0, 0.05) is 12.6 Å². The molecule has 0 saturated heterocycles. The zero-order valence-electron chi connectivity index (χ0n) is 9.70. The second-order valence-corrected chi connectivity index (χ2v) is 6.16. The molecule has 0 aliphatic heterocycles. The first-order valence-electron chi connectivity index (χ1n) is 5.76. The van der Waals surface area contributed by atoms with Crippen LogP contribution in [0.3, 0.4) is 0 Å². The molecule has 1 saturated carbocycles. The highest BCUT2D eigenvalue weighted by Gasteiger charge is 2.35. The lowest BCUT2D eigenvalue weighted by Gasteiger charge is -2.21. The third-order valence-corrected chi connectivity index (χ3v) is 4.58. The number of rotatable bonds is 8. The van der Waals surface area contributed by atoms with Gasteiger partial charge in [-0.05, 0) is 39.3 Å². The highest BCUT2D eigenvalue weighted by molar-refractivity contribution is 7.89. The summed E-state index contributed by atoms with van der Waals surface area (Å²) in [5, 5.41) is 2.97. The van der Waals surface area contributed by atoms with E-state index >= 15 is 0 Å². The Hall–Kier alpha value is -0.130. The molecular formula is C10H22N2O2S. The van der Waals surface area contributed by atoms with E-state index in [1.165, 1.54) is 0 Å². The molecule has 90 valence electrons. The van der Waals surface area contributed by atoms with Crippen LogP contribution in [0.1, 0.15) is 32.6 Å². The fraction of sp³-hybridized carbons (Fsp3) is 1.00. The molecule has 0 amide bonds. The molecule has 0 atom stereocenters. The zero-order chi connectivity index (χ0) is 11.3. The Kier molecular flexibility index (Phi) is 5.02. The summed E-state index contributed by atoms with van der Waals surface area (Å²) >= 11 is 0. The molecule has 0 aromatic heterocycles. The van der Waals surface area contributed by atoms with Gasteiger partial charge in [-0.15, -0.1) is 0 Å². The van der Waals surface area contributed by atoms with E-state index < -0.39 is 10.0 Å². The fourth-order valence-corrected chi connectivity index (χ4v) is 3.55. The van der Waals surface area contributed by atoms with E-state index in [1.807, 2.05) is 14.0 Å². The smallest absolute Gasteiger partial charge is 0.214 e. The summed E-state index contributed by atoms with van der Waals surface area (Å²) < 4.78 is 25.7. The van der Waals surface area contributed by atoms with Crippen LogP contribution in [0, 0.1) is 0 Å². The largest absolute Gasteiger partial charge is 0.320 e. The van der Waals surface area contributed by atoms with Gasteiger partial charge in [0.05, 0.1) is 5.75 Å². The molecule has 0 unspecified atom stereocenters. The van der Waals surface area contributed by atoms with Crippen LogP contribution in [0.2, 0.25) is 0 Å². The number of nitrogens with one attached hydrogen (secondary N) is 1. The minimum atomic E-state index is -3.00. The van der Waals surface area contributed by atoms with Crippen molar-refractivity contribution in [2.45, 2.75) is 38.6 Å². The SMILES string of the molecule is CCCN(C1CC1)S(=O)(=O)CCCNC. The number of hydrogen-bond donors (Lipinski definition) is 1. The molecule has 5 heteroatoms. The standard InChI is InChI=1S/C10H22N2O2S/c1-3-8-12(10-5-6-10)15(13,14)9-4-7-11-2/h10-11H,3-9H2,1-2H3. The summed E-state index contributed by atoms with van der Waals surface area (Å²) in [4.78, 5) is 0. The Morgan fingerprint density at radius 1 is 1.40 bits per heavy atom. The van der Waals surface area contributed by atoms with E-state index in [2.05, 4.69) is 5.32 Å². The number of hydrogen-bond acceptors (Lipinski definition) is 3. The van der Waals surface area contributed by atoms with Gasteiger partial charge in [0.15, 0.2) is 0 Å². The normalized spacial score (nSPS) is 17.3. The minimum absolute atomic E-state index is 0.282. The summed E-state index contributed by atoms with van der Waals surface area (Å²) in [5.41, 5.74) is 0. The van der Waals surface area contributed by atoms with Crippen LogP contribution >= 0.6 is 0 Å². The van der Waals surface area contributed by atoms with Gasteiger partial charge >= 0.3 is 0 Å². The first-order valence-corrected chi connectivity index (χ1v) is 7.37. The summed E-state index contributed by atoms with van der Waals surface area (Å²) in [6.45, 7) is 3.48. The predicted molar refractivity (Wildman–Crippen MR) is 62.3 cm³/mol. The average Bonchev–Trinajstić information content (AvgIpc) is 2.97. The van der Waals surface area contributed by atoms with Gasteiger partial charge in [-0.25, -0.2) is 8.42 Å². The zero-order valence-corrected chi connectivity index (χ0v) is 10.5. The van der Waals surface area contributed by atoms with Crippen molar-refractivity contribution in [3.8, 4) is 0 Å². The third kappa shape index (κ3) is 4.09. The second kappa shape index (κ2) is 5.82. The van der Waals surface area contributed by atoms with Crippen molar-refractivity contribution in [3.05, 3.63) is 0 Å². The first kappa shape index (κ1) is 12.9. The monoisotopic (exact) mass is 234 g/mol. The van der Waals surface area contributed by atoms with Gasteiger partial charge in [-0.3, -0.25) is 0 Å². The quantitative estimate of drug-likeness (QED) is 0.632. The van der Waals surface area contributed by atoms with E-state index in [4.69, 9.17) is 0 Å². The molecule has 0 heterocycles. The van der Waals surface area contributed by atoms with Crippen molar-refractivity contribution in [3.63, 3.8) is 0 Å². The molecule has 0 aromatic carbocycles. The second-order valence-electron chi connectivity index (χ2n) is 4.12. The topological polar surface area (TPSA) is 49.4 Å². The van der Waals surface area contributed by atoms with E-state index in [1.54, 1.807) is 4.31 Å². The molecule has 1 N–H and O–H groups in total. The van der Waals surface area contributed by atoms with Crippen LogP contribution < -0.4 is 5.32 Å². The highest BCUT2D eigenvalue weighted by Crippen LogP contribution is 2.29. The van der Waals surface area contributed by atoms with Gasteiger partial charge in [0.1, 0.15) is 0 Å². The summed E-state index contributed by atoms with van der Waals surface area (Å²) in [6.07, 6.45) is 3.70. The van der Waals surface area contributed by atoms with Crippen molar-refractivity contribution in [2.24, 2.45) is 0 Å². The molecule has 1 fully saturated rings. The van der Waals surface area contributed by atoms with E-state index in [-0.39, 0.29) is 5.75 Å². The number of sulfonamides is 1. The molecule has 1 rings (SSSR count). The van der Waals surface area contributed by atoms with Crippen LogP contribution in [-0.2, 0) is 10.0 Å². The molecular weight excluding hydrogens is 212 g/mol. The number of nitrogens with zero attached hydrogens (tertiary/aromatic N) is 1. The lowest BCUT2D eigenvalue weighted by molar-refractivity contribution is 0.402. The first-order chi connectivity index (χ1) is 7.11. The fourth-order valence-electron chi connectivity index (χ4n) is 1.68. The van der Waals surface area contributed by atoms with Gasteiger partial charge in [0.2, 0.25) is 10.0 Å². The van der Waals surface area contributed by atoms with Gasteiger partial charge in [-0.1, -0.05) is 6.92 Å². The van der Waals surface area contributed by atoms with Crippen molar-refractivity contribution in [1.82, 2.24) is 9.62 Å². The molecule has 0 aromatic rings. The Labute approximate surface area is 93.1 Å². The van der Waals surface area contributed by atoms with Crippen LogP contribution in [0.25, 0.3) is 0 Å². The Bertz CT molecular complexity index is 273. The lowest BCUT2D eigenvalue weighted by Crippen LogP contribution is -2.36. The van der Waals surface area contributed by atoms with E-state index in [0.29, 0.717) is 19.0 Å². The van der Waals surface area contributed by atoms with E-state index in [9.17, 15) is 8.42 Å². The van der Waals surface area contributed by atoms with Gasteiger partial charge in [-0.2, -0.15) is 4.31 Å². The van der Waals surface area contributed by atoms with Crippen LogP contribution in [0.15, 0.2) is 0 Å². The molecule has 4 nitrogen and oxygen atoms in total. The van der Waals surface area contributed by atoms with Crippen molar-refractivity contribution in [1.29, 1.82) is 0 Å². The van der Waals surface area contributed by atoms with E-state index in [0.717, 1.165) is 25.8 Å². The minimum Gasteiger partial charge on any atom is -0.320 e. The predicted octanol–water partition coefficient (Wildman–Crippen LogP) is 0.800. The van der Waals surface area contributed by atoms with Gasteiger partial charge < -0.3 is 5.32 Å². The Balaban J connectivity index is 2.48. The van der Waals surface area contributed by atoms with Crippen LogP contribution in [-0.4, -0.2) is 44.7 Å². The molecule has 1 aliphatic carbocycles. The maximum absolute atomic E-state index is 12.0. The Morgan fingerprint density at radius 2 is 2.07 bits per heavy atom. The third-order valence-electron chi connectivity index (χ3n) is 2.58. The van der Waals surface area contributed by atoms with Crippen LogP contribution in [0.5, 0.6) is 0 Å². The maximum atomic E-state index is 12.0. The molecule has 0 spiro atoms. The van der Waals surface area contributed by atoms with Gasteiger partial charge in [0.25, 0.3) is 0 Å². The highest BCUT2D eigenvalue weighted by atomic mass is 32.2. The average molecular weight is 234 g/mol.